The summed E-state index contributed by atoms with van der Waals surface area (Å²) in [5.74, 6) is -1.88. The molecule has 0 aliphatic carbocycles. The highest BCUT2D eigenvalue weighted by Gasteiger charge is 2.42. The van der Waals surface area contributed by atoms with E-state index >= 15 is 0 Å². The molecule has 1 N–H and O–H groups in total. The van der Waals surface area contributed by atoms with E-state index in [0.29, 0.717) is 11.3 Å². The maximum Gasteiger partial charge on any atom is 0.314 e. The van der Waals surface area contributed by atoms with Crippen LogP contribution in [-0.2, 0) is 4.79 Å². The van der Waals surface area contributed by atoms with Crippen molar-refractivity contribution in [2.24, 2.45) is 11.0 Å². The van der Waals surface area contributed by atoms with Gasteiger partial charge in [0.25, 0.3) is 5.69 Å². The fraction of sp³-hybridized carbons (Fsp3) is 0.176. The summed E-state index contributed by atoms with van der Waals surface area (Å²) in [4.78, 5) is 22.3. The molecule has 0 fully saturated rings. The van der Waals surface area contributed by atoms with Crippen LogP contribution in [0.1, 0.15) is 18.5 Å². The number of nitro benzene ring substituents is 1. The molecule has 122 valence electrons. The van der Waals surface area contributed by atoms with Gasteiger partial charge in [-0.05, 0) is 24.6 Å². The molecule has 2 atom stereocenters. The lowest BCUT2D eigenvalue weighted by Crippen LogP contribution is -2.30. The molecule has 0 saturated heterocycles. The average Bonchev–Trinajstić information content (AvgIpc) is 2.93. The number of hydrogen-bond donors (Lipinski definition) is 1. The molecular formula is C17H15N3O4. The molecule has 7 heteroatoms. The predicted octanol–water partition coefficient (Wildman–Crippen LogP) is 3.23. The summed E-state index contributed by atoms with van der Waals surface area (Å²) in [6, 6.07) is 14.6. The molecule has 0 saturated carbocycles. The Labute approximate surface area is 138 Å². The van der Waals surface area contributed by atoms with Crippen molar-refractivity contribution < 1.29 is 14.8 Å². The van der Waals surface area contributed by atoms with Crippen molar-refractivity contribution in [2.45, 2.75) is 13.0 Å². The van der Waals surface area contributed by atoms with E-state index in [9.17, 15) is 20.0 Å². The van der Waals surface area contributed by atoms with Crippen LogP contribution in [0, 0.1) is 16.0 Å². The number of para-hydroxylation sites is 1. The van der Waals surface area contributed by atoms with Crippen LogP contribution in [0.4, 0.5) is 11.4 Å². The first kappa shape index (κ1) is 15.7. The number of carbonyl (C=O) groups is 1. The molecule has 0 radical (unpaired) electrons. The zero-order chi connectivity index (χ0) is 17.3. The van der Waals surface area contributed by atoms with Crippen molar-refractivity contribution >= 4 is 23.1 Å². The highest BCUT2D eigenvalue weighted by molar-refractivity contribution is 6.03. The van der Waals surface area contributed by atoms with Crippen LogP contribution in [-0.4, -0.2) is 21.7 Å². The molecule has 2 unspecified atom stereocenters. The monoisotopic (exact) mass is 325 g/mol. The first-order chi connectivity index (χ1) is 11.5. The molecule has 2 aromatic carbocycles. The van der Waals surface area contributed by atoms with E-state index in [0.717, 1.165) is 5.69 Å². The summed E-state index contributed by atoms with van der Waals surface area (Å²) in [5.41, 5.74) is 1.66. The number of nitro groups is 1. The summed E-state index contributed by atoms with van der Waals surface area (Å²) in [5, 5.41) is 26.7. The van der Waals surface area contributed by atoms with E-state index in [4.69, 9.17) is 0 Å². The van der Waals surface area contributed by atoms with Crippen LogP contribution in [0.15, 0.2) is 59.7 Å². The fourth-order valence-electron chi connectivity index (χ4n) is 2.93. The van der Waals surface area contributed by atoms with Crippen molar-refractivity contribution in [1.29, 1.82) is 0 Å². The largest absolute Gasteiger partial charge is 0.481 e. The van der Waals surface area contributed by atoms with Crippen LogP contribution in [0.3, 0.4) is 0 Å². The van der Waals surface area contributed by atoms with Crippen LogP contribution < -0.4 is 5.01 Å². The zero-order valence-corrected chi connectivity index (χ0v) is 12.9. The van der Waals surface area contributed by atoms with Crippen molar-refractivity contribution in [3.63, 3.8) is 0 Å². The van der Waals surface area contributed by atoms with Gasteiger partial charge in [-0.15, -0.1) is 0 Å². The topological polar surface area (TPSA) is 96.0 Å². The Morgan fingerprint density at radius 1 is 1.21 bits per heavy atom. The van der Waals surface area contributed by atoms with Crippen molar-refractivity contribution in [1.82, 2.24) is 0 Å². The minimum Gasteiger partial charge on any atom is -0.481 e. The van der Waals surface area contributed by atoms with Gasteiger partial charge >= 0.3 is 5.97 Å². The first-order valence-corrected chi connectivity index (χ1v) is 7.35. The summed E-state index contributed by atoms with van der Waals surface area (Å²) >= 11 is 0. The van der Waals surface area contributed by atoms with E-state index < -0.39 is 22.9 Å². The molecule has 0 amide bonds. The van der Waals surface area contributed by atoms with E-state index in [-0.39, 0.29) is 5.69 Å². The van der Waals surface area contributed by atoms with E-state index in [1.54, 1.807) is 24.1 Å². The summed E-state index contributed by atoms with van der Waals surface area (Å²) in [6.45, 7) is 1.66. The van der Waals surface area contributed by atoms with Crippen molar-refractivity contribution in [2.75, 3.05) is 5.01 Å². The predicted molar refractivity (Wildman–Crippen MR) is 89.0 cm³/mol. The number of hydrogen-bond acceptors (Lipinski definition) is 5. The number of non-ortho nitro benzene ring substituents is 1. The van der Waals surface area contributed by atoms with Gasteiger partial charge < -0.3 is 5.11 Å². The number of hydrazone groups is 1. The summed E-state index contributed by atoms with van der Waals surface area (Å²) < 4.78 is 0. The lowest BCUT2D eigenvalue weighted by atomic mass is 9.90. The lowest BCUT2D eigenvalue weighted by Gasteiger charge is -2.26. The van der Waals surface area contributed by atoms with E-state index in [1.807, 2.05) is 30.3 Å². The smallest absolute Gasteiger partial charge is 0.314 e. The Kier molecular flexibility index (Phi) is 3.99. The quantitative estimate of drug-likeness (QED) is 0.687. The Hall–Kier alpha value is -3.22. The average molecular weight is 325 g/mol. The standard InChI is InChI=1S/C17H15N3O4/c1-11-15(17(21)22)16(12-6-5-9-14(10-12)20(23)24)19(18-11)13-7-3-2-4-8-13/h2-10,15-16H,1H3,(H,21,22). The van der Waals surface area contributed by atoms with Crippen LogP contribution in [0.5, 0.6) is 0 Å². The number of anilines is 1. The second-order valence-corrected chi connectivity index (χ2v) is 5.53. The Morgan fingerprint density at radius 3 is 2.54 bits per heavy atom. The molecule has 1 aliphatic rings. The van der Waals surface area contributed by atoms with E-state index in [2.05, 4.69) is 5.10 Å². The fourth-order valence-corrected chi connectivity index (χ4v) is 2.93. The van der Waals surface area contributed by atoms with Crippen LogP contribution >= 0.6 is 0 Å². The molecule has 3 rings (SSSR count). The molecule has 2 aromatic rings. The first-order valence-electron chi connectivity index (χ1n) is 7.35. The second-order valence-electron chi connectivity index (χ2n) is 5.53. The van der Waals surface area contributed by atoms with Gasteiger partial charge in [0.05, 0.1) is 22.4 Å². The third-order valence-corrected chi connectivity index (χ3v) is 4.00. The van der Waals surface area contributed by atoms with Gasteiger partial charge in [-0.3, -0.25) is 19.9 Å². The lowest BCUT2D eigenvalue weighted by molar-refractivity contribution is -0.384. The highest BCUT2D eigenvalue weighted by Crippen LogP contribution is 2.40. The molecule has 7 nitrogen and oxygen atoms in total. The summed E-state index contributed by atoms with van der Waals surface area (Å²) in [6.07, 6.45) is 0. The van der Waals surface area contributed by atoms with E-state index in [1.165, 1.54) is 12.1 Å². The van der Waals surface area contributed by atoms with Gasteiger partial charge in [0.15, 0.2) is 0 Å². The number of carboxylic acid groups (broad SMARTS) is 1. The molecular weight excluding hydrogens is 310 g/mol. The van der Waals surface area contributed by atoms with Crippen molar-refractivity contribution in [3.05, 3.63) is 70.3 Å². The minimum atomic E-state index is -1.01. The molecule has 0 spiro atoms. The SMILES string of the molecule is CC1=NN(c2ccccc2)C(c2cccc([N+](=O)[O-])c2)C1C(=O)O. The highest BCUT2D eigenvalue weighted by atomic mass is 16.6. The number of benzene rings is 2. The van der Waals surface area contributed by atoms with Gasteiger partial charge in [0.2, 0.25) is 0 Å². The molecule has 0 bridgehead atoms. The number of carboxylic acids is 1. The molecule has 1 heterocycles. The normalized spacial score (nSPS) is 19.9. The van der Waals surface area contributed by atoms with Crippen LogP contribution in [0.25, 0.3) is 0 Å². The van der Waals surface area contributed by atoms with Crippen LogP contribution in [0.2, 0.25) is 0 Å². The van der Waals surface area contributed by atoms with Gasteiger partial charge in [0.1, 0.15) is 5.92 Å². The third-order valence-electron chi connectivity index (χ3n) is 4.00. The van der Waals surface area contributed by atoms with Gasteiger partial charge in [-0.1, -0.05) is 30.3 Å². The maximum atomic E-state index is 11.8. The number of rotatable bonds is 4. The Morgan fingerprint density at radius 2 is 1.92 bits per heavy atom. The molecule has 0 aromatic heterocycles. The minimum absolute atomic E-state index is 0.0748. The third kappa shape index (κ3) is 2.71. The second kappa shape index (κ2) is 6.11. The van der Waals surface area contributed by atoms with Gasteiger partial charge in [-0.2, -0.15) is 5.10 Å². The molecule has 1 aliphatic heterocycles. The number of aliphatic carboxylic acids is 1. The van der Waals surface area contributed by atoms with Gasteiger partial charge in [0, 0.05) is 12.1 Å². The molecule has 24 heavy (non-hydrogen) atoms. The Balaban J connectivity index is 2.11. The maximum absolute atomic E-state index is 11.8. The zero-order valence-electron chi connectivity index (χ0n) is 12.9. The number of nitrogens with zero attached hydrogens (tertiary/aromatic N) is 3. The Bertz CT molecular complexity index is 820. The summed E-state index contributed by atoms with van der Waals surface area (Å²) in [7, 11) is 0. The van der Waals surface area contributed by atoms with Crippen molar-refractivity contribution in [3.8, 4) is 0 Å². The van der Waals surface area contributed by atoms with Gasteiger partial charge in [-0.25, -0.2) is 0 Å².